The van der Waals surface area contributed by atoms with Crippen LogP contribution in [-0.4, -0.2) is 14.7 Å². The topological polar surface area (TPSA) is 51.2 Å². The van der Waals surface area contributed by atoms with E-state index < -0.39 is 6.10 Å². The van der Waals surface area contributed by atoms with Crippen molar-refractivity contribution in [3.63, 3.8) is 0 Å². The molecule has 2 heterocycles. The highest BCUT2D eigenvalue weighted by atomic mass is 16.4. The lowest BCUT2D eigenvalue weighted by Gasteiger charge is -2.06. The summed E-state index contributed by atoms with van der Waals surface area (Å²) in [6.07, 6.45) is 2.62. The largest absolute Gasteiger partial charge is 0.458 e. The van der Waals surface area contributed by atoms with Crippen LogP contribution in [-0.2, 0) is 7.05 Å². The van der Waals surface area contributed by atoms with Crippen LogP contribution in [0.1, 0.15) is 23.3 Å². The number of nitrogens with zero attached hydrogens (tertiary/aromatic N) is 2. The molecular weight excluding hydrogens is 228 g/mol. The second-order valence-corrected chi connectivity index (χ2v) is 4.44. The number of hydrogen-bond acceptors (Lipinski definition) is 3. The summed E-state index contributed by atoms with van der Waals surface area (Å²) in [7, 11) is 1.85. The smallest absolute Gasteiger partial charge is 0.169 e. The molecule has 0 aliphatic carbocycles. The highest BCUT2D eigenvalue weighted by Gasteiger charge is 2.19. The van der Waals surface area contributed by atoms with Crippen LogP contribution in [0.5, 0.6) is 0 Å². The van der Waals surface area contributed by atoms with Crippen LogP contribution < -0.4 is 0 Å². The predicted octanol–water partition coefficient (Wildman–Crippen LogP) is 2.56. The van der Waals surface area contributed by atoms with Crippen molar-refractivity contribution >= 4 is 11.0 Å². The van der Waals surface area contributed by atoms with Gasteiger partial charge in [-0.3, -0.25) is 0 Å². The number of furan rings is 1. The summed E-state index contributed by atoms with van der Waals surface area (Å²) in [5, 5.41) is 11.3. The second kappa shape index (κ2) is 3.99. The lowest BCUT2D eigenvalue weighted by molar-refractivity contribution is 0.179. The molecule has 1 unspecified atom stereocenters. The number of imidazole rings is 1. The van der Waals surface area contributed by atoms with Gasteiger partial charge in [0.15, 0.2) is 6.10 Å². The van der Waals surface area contributed by atoms with Crippen molar-refractivity contribution in [3.05, 3.63) is 53.8 Å². The molecular formula is C14H14N2O2. The predicted molar refractivity (Wildman–Crippen MR) is 68.2 cm³/mol. The van der Waals surface area contributed by atoms with Crippen LogP contribution in [0, 0.1) is 6.92 Å². The van der Waals surface area contributed by atoms with Gasteiger partial charge in [-0.15, -0.1) is 0 Å². The first kappa shape index (κ1) is 11.0. The van der Waals surface area contributed by atoms with Crippen LogP contribution in [0.15, 0.2) is 41.1 Å². The van der Waals surface area contributed by atoms with Gasteiger partial charge in [0.25, 0.3) is 0 Å². The van der Waals surface area contributed by atoms with Crippen molar-refractivity contribution in [2.75, 3.05) is 0 Å². The van der Waals surface area contributed by atoms with Gasteiger partial charge in [0.2, 0.25) is 0 Å². The second-order valence-electron chi connectivity index (χ2n) is 4.44. The molecule has 3 rings (SSSR count). The Kier molecular flexibility index (Phi) is 2.45. The minimum atomic E-state index is -0.836. The Bertz CT molecular complexity index is 697. The molecule has 18 heavy (non-hydrogen) atoms. The van der Waals surface area contributed by atoms with Crippen molar-refractivity contribution in [2.45, 2.75) is 13.0 Å². The quantitative estimate of drug-likeness (QED) is 0.751. The Morgan fingerprint density at radius 1 is 1.39 bits per heavy atom. The van der Waals surface area contributed by atoms with E-state index in [1.54, 1.807) is 17.0 Å². The molecule has 0 bridgehead atoms. The van der Waals surface area contributed by atoms with Crippen molar-refractivity contribution in [3.8, 4) is 0 Å². The Labute approximate surface area is 104 Å². The zero-order chi connectivity index (χ0) is 12.7. The van der Waals surface area contributed by atoms with Gasteiger partial charge >= 0.3 is 0 Å². The first-order chi connectivity index (χ1) is 8.66. The van der Waals surface area contributed by atoms with Gasteiger partial charge in [-0.1, -0.05) is 18.2 Å². The summed E-state index contributed by atoms with van der Waals surface area (Å²) in [6, 6.07) is 7.80. The lowest BCUT2D eigenvalue weighted by atomic mass is 10.1. The molecule has 0 saturated carbocycles. The molecule has 0 radical (unpaired) electrons. The van der Waals surface area contributed by atoms with E-state index >= 15 is 0 Å². The van der Waals surface area contributed by atoms with Crippen LogP contribution in [0.25, 0.3) is 11.0 Å². The summed E-state index contributed by atoms with van der Waals surface area (Å²) in [4.78, 5) is 4.14. The number of aliphatic hydroxyl groups excluding tert-OH is 1. The molecule has 92 valence electrons. The maximum Gasteiger partial charge on any atom is 0.169 e. The third-order valence-corrected chi connectivity index (χ3v) is 3.13. The Balaban J connectivity index is 2.10. The van der Waals surface area contributed by atoms with E-state index in [2.05, 4.69) is 4.98 Å². The van der Waals surface area contributed by atoms with E-state index in [-0.39, 0.29) is 0 Å². The van der Waals surface area contributed by atoms with Gasteiger partial charge in [-0.25, -0.2) is 4.98 Å². The van der Waals surface area contributed by atoms with E-state index in [0.717, 1.165) is 16.5 Å². The average Bonchev–Trinajstić information content (AvgIpc) is 2.95. The Morgan fingerprint density at radius 2 is 2.22 bits per heavy atom. The summed E-state index contributed by atoms with van der Waals surface area (Å²) >= 11 is 0. The zero-order valence-electron chi connectivity index (χ0n) is 10.3. The van der Waals surface area contributed by atoms with Crippen LogP contribution in [0.2, 0.25) is 0 Å². The number of rotatable bonds is 2. The first-order valence-corrected chi connectivity index (χ1v) is 5.81. The van der Waals surface area contributed by atoms with Gasteiger partial charge < -0.3 is 14.1 Å². The number of hydrogen-bond donors (Lipinski definition) is 1. The van der Waals surface area contributed by atoms with E-state index in [4.69, 9.17) is 4.42 Å². The number of para-hydroxylation sites is 1. The maximum absolute atomic E-state index is 10.3. The summed E-state index contributed by atoms with van der Waals surface area (Å²) in [6.45, 7) is 1.99. The van der Waals surface area contributed by atoms with Crippen LogP contribution in [0.3, 0.4) is 0 Å². The molecule has 0 amide bonds. The van der Waals surface area contributed by atoms with Crippen molar-refractivity contribution in [2.24, 2.45) is 7.05 Å². The number of benzene rings is 1. The average molecular weight is 242 g/mol. The number of fused-ring (bicyclic) bond motifs is 1. The molecule has 1 N–H and O–H groups in total. The minimum absolute atomic E-state index is 0.522. The van der Waals surface area contributed by atoms with Crippen molar-refractivity contribution < 1.29 is 9.52 Å². The van der Waals surface area contributed by atoms with Gasteiger partial charge in [0.05, 0.1) is 0 Å². The third-order valence-electron chi connectivity index (χ3n) is 3.13. The molecule has 3 aromatic rings. The molecule has 0 aliphatic rings. The summed E-state index contributed by atoms with van der Waals surface area (Å²) in [5.41, 5.74) is 1.88. The highest BCUT2D eigenvalue weighted by Crippen LogP contribution is 2.28. The molecule has 0 aliphatic heterocycles. The number of aliphatic hydroxyl groups is 1. The minimum Gasteiger partial charge on any atom is -0.458 e. The molecule has 0 spiro atoms. The van der Waals surface area contributed by atoms with E-state index in [0.29, 0.717) is 11.6 Å². The van der Waals surface area contributed by atoms with E-state index in [1.165, 1.54) is 0 Å². The summed E-state index contributed by atoms with van der Waals surface area (Å²) < 4.78 is 7.52. The van der Waals surface area contributed by atoms with E-state index in [9.17, 15) is 5.11 Å². The van der Waals surface area contributed by atoms with Gasteiger partial charge in [0, 0.05) is 24.8 Å². The molecule has 2 aromatic heterocycles. The normalized spacial score (nSPS) is 13.1. The fourth-order valence-electron chi connectivity index (χ4n) is 2.13. The third kappa shape index (κ3) is 1.62. The molecule has 0 saturated heterocycles. The van der Waals surface area contributed by atoms with Gasteiger partial charge in [0.1, 0.15) is 17.2 Å². The molecule has 1 aromatic carbocycles. The standard InChI is InChI=1S/C14H14N2O2/c1-9-4-3-5-10-8-11(18-13(9)10)12(17)14-15-6-7-16(14)2/h3-8,12,17H,1-2H3. The number of aromatic nitrogens is 2. The van der Waals surface area contributed by atoms with Gasteiger partial charge in [-0.2, -0.15) is 0 Å². The molecule has 0 fully saturated rings. The first-order valence-electron chi connectivity index (χ1n) is 5.81. The Hall–Kier alpha value is -2.07. The fraction of sp³-hybridized carbons (Fsp3) is 0.214. The highest BCUT2D eigenvalue weighted by molar-refractivity contribution is 5.81. The molecule has 1 atom stereocenters. The fourth-order valence-corrected chi connectivity index (χ4v) is 2.13. The summed E-state index contributed by atoms with van der Waals surface area (Å²) in [5.74, 6) is 1.10. The monoisotopic (exact) mass is 242 g/mol. The van der Waals surface area contributed by atoms with Crippen LogP contribution >= 0.6 is 0 Å². The van der Waals surface area contributed by atoms with Crippen molar-refractivity contribution in [1.29, 1.82) is 0 Å². The maximum atomic E-state index is 10.3. The van der Waals surface area contributed by atoms with Crippen LogP contribution in [0.4, 0.5) is 0 Å². The van der Waals surface area contributed by atoms with Crippen molar-refractivity contribution in [1.82, 2.24) is 9.55 Å². The van der Waals surface area contributed by atoms with Gasteiger partial charge in [-0.05, 0) is 18.6 Å². The molecule has 4 nitrogen and oxygen atoms in total. The zero-order valence-corrected chi connectivity index (χ0v) is 10.3. The molecule has 4 heteroatoms. The SMILES string of the molecule is Cc1cccc2cc(C(O)c3nccn3C)oc12. The number of aryl methyl sites for hydroxylation is 2. The Morgan fingerprint density at radius 3 is 2.89 bits per heavy atom. The van der Waals surface area contributed by atoms with E-state index in [1.807, 2.05) is 38.2 Å². The lowest BCUT2D eigenvalue weighted by Crippen LogP contribution is -2.05.